The Morgan fingerprint density at radius 2 is 1.14 bits per heavy atom. The van der Waals surface area contributed by atoms with Gasteiger partial charge in [0.05, 0.1) is 25.4 Å². The molecule has 2 aromatic heterocycles. The SMILES string of the molecule is CCc1ccc(C=NCCCO)cc1.CCc1ccc(C=O)cc1.CCc1ccc(CN(CCCO)c2nc(OC)c(NC(=O)c3ccc(Cc4cc5c(cc4C)C(C)(C)OC5(C)C)o3)c(OC)n2)cc1.CCc1ccc(CNCCCO)cc1.NCCCO.[B].[H-].[Na+]. The molecule has 1 amide bonds. The molecule has 8 N–H and O–H groups in total. The van der Waals surface area contributed by atoms with Crippen LogP contribution in [0.25, 0.3) is 0 Å². The molecule has 1 aliphatic rings. The fourth-order valence-electron chi connectivity index (χ4n) is 9.64. The van der Waals surface area contributed by atoms with Gasteiger partial charge in [-0.25, -0.2) is 0 Å². The van der Waals surface area contributed by atoms with E-state index in [1.165, 1.54) is 53.2 Å². The number of hydrogen-bond donors (Lipinski definition) is 7. The zero-order valence-electron chi connectivity index (χ0n) is 57.8. The first-order valence-corrected chi connectivity index (χ1v) is 31.5. The Kier molecular flexibility index (Phi) is 39.1. The quantitative estimate of drug-likeness (QED) is 0.0105. The normalized spacial score (nSPS) is 12.1. The van der Waals surface area contributed by atoms with Gasteiger partial charge in [-0.1, -0.05) is 137 Å². The van der Waals surface area contributed by atoms with Crippen molar-refractivity contribution in [1.29, 1.82) is 0 Å². The van der Waals surface area contributed by atoms with E-state index in [1.54, 1.807) is 6.07 Å². The summed E-state index contributed by atoms with van der Waals surface area (Å²) >= 11 is 0. The van der Waals surface area contributed by atoms with Gasteiger partial charge in [0.2, 0.25) is 17.7 Å². The van der Waals surface area contributed by atoms with E-state index < -0.39 is 11.5 Å². The smallest absolute Gasteiger partial charge is 1.00 e. The van der Waals surface area contributed by atoms with E-state index in [9.17, 15) is 14.7 Å². The molecule has 0 saturated heterocycles. The topological polar surface area (TPSA) is 247 Å². The molecule has 5 aromatic carbocycles. The van der Waals surface area contributed by atoms with E-state index in [-0.39, 0.29) is 94.6 Å². The summed E-state index contributed by atoms with van der Waals surface area (Å²) in [4.78, 5) is 39.0. The molecule has 0 unspecified atom stereocenters. The van der Waals surface area contributed by atoms with Crippen LogP contribution in [-0.2, 0) is 61.1 Å². The molecule has 17 nitrogen and oxygen atoms in total. The van der Waals surface area contributed by atoms with Gasteiger partial charge in [0.1, 0.15) is 12.0 Å². The zero-order chi connectivity index (χ0) is 65.9. The largest absolute Gasteiger partial charge is 1.00 e. The Labute approximate surface area is 573 Å². The number of benzene rings is 5. The summed E-state index contributed by atoms with van der Waals surface area (Å²) in [5.41, 5.74) is 18.5. The third kappa shape index (κ3) is 27.2. The van der Waals surface area contributed by atoms with E-state index in [0.29, 0.717) is 50.7 Å². The molecule has 7 aromatic rings. The molecule has 493 valence electrons. The van der Waals surface area contributed by atoms with Gasteiger partial charge >= 0.3 is 29.6 Å². The van der Waals surface area contributed by atoms with Crippen molar-refractivity contribution in [1.82, 2.24) is 15.3 Å². The van der Waals surface area contributed by atoms with E-state index in [2.05, 4.69) is 173 Å². The van der Waals surface area contributed by atoms with E-state index in [0.717, 1.165) is 92.1 Å². The van der Waals surface area contributed by atoms with Gasteiger partial charge < -0.3 is 61.7 Å². The first kappa shape index (κ1) is 81.5. The number of furan rings is 1. The van der Waals surface area contributed by atoms with Crippen LogP contribution in [0.3, 0.4) is 0 Å². The number of aryl methyl sites for hydroxylation is 5. The Morgan fingerprint density at radius 3 is 1.61 bits per heavy atom. The molecule has 19 heteroatoms. The maximum atomic E-state index is 13.4. The maximum absolute atomic E-state index is 13.4. The van der Waals surface area contributed by atoms with Gasteiger partial charge in [-0.15, -0.1) is 0 Å². The number of aromatic nitrogens is 2. The molecular formula is C73H102BN7NaO10. The van der Waals surface area contributed by atoms with Crippen LogP contribution in [0.5, 0.6) is 11.8 Å². The third-order valence-corrected chi connectivity index (χ3v) is 14.9. The van der Waals surface area contributed by atoms with Gasteiger partial charge in [-0.05, 0) is 172 Å². The number of rotatable bonds is 28. The molecule has 0 spiro atoms. The second-order valence-electron chi connectivity index (χ2n) is 22.6. The number of aldehydes is 1. The summed E-state index contributed by atoms with van der Waals surface area (Å²) in [5, 5.41) is 40.8. The number of aliphatic imine (C=N–C) groups is 1. The molecule has 3 heterocycles. The summed E-state index contributed by atoms with van der Waals surface area (Å²) < 4.78 is 23.6. The molecule has 0 aliphatic carbocycles. The minimum Gasteiger partial charge on any atom is -1.00 e. The van der Waals surface area contributed by atoms with Crippen molar-refractivity contribution in [2.75, 3.05) is 77.0 Å². The number of methoxy groups -OCH3 is 2. The summed E-state index contributed by atoms with van der Waals surface area (Å²) in [7, 11) is 2.94. The molecular weight excluding hydrogens is 1170 g/mol. The summed E-state index contributed by atoms with van der Waals surface area (Å²) in [6, 6.07) is 40.9. The minimum atomic E-state index is -0.487. The second kappa shape index (κ2) is 44.1. The number of ether oxygens (including phenoxy) is 3. The van der Waals surface area contributed by atoms with Crippen molar-refractivity contribution in [2.45, 2.75) is 144 Å². The average molecular weight is 1270 g/mol. The number of nitrogens with one attached hydrogen (secondary N) is 2. The molecule has 8 rings (SSSR count). The van der Waals surface area contributed by atoms with Crippen LogP contribution < -0.4 is 60.3 Å². The number of fused-ring (bicyclic) bond motifs is 1. The standard InChI is InChI=1S/C37H46N4O6.C12H19NO.C12H17NO.C9H10O.C3H9NO.B.Na.H/c1-9-24-11-13-25(14-12-24)22-41(17-10-18-42)35-39-33(44-7)31(34(40-35)45-8)38-32(43)30-16-15-27(46-30)20-26-21-29-28(19-23(26)2)36(3,4)47-37(29,5)6;2*1-2-11-4-6-12(7-5-11)10-13-8-3-9-14;1-2-8-3-5-9(7-10)6-4-8;4-2-1-3-5;;;/h11-16,19,21,42H,9-10,17-18,20,22H2,1-8H3,(H,38,43);4-7,13-14H,2-3,8-10H2,1H3;4-7,10,14H,2-3,8-9H2,1H3;3-7H,2H2,1H3;5H,1-4H2;;;/q;;;;;;+1;-1. The Hall–Kier alpha value is -6.55. The monoisotopic (exact) mass is 1270 g/mol. The number of aliphatic hydroxyl groups excluding tert-OH is 4. The van der Waals surface area contributed by atoms with Crippen molar-refractivity contribution in [3.63, 3.8) is 0 Å². The van der Waals surface area contributed by atoms with Crippen LogP contribution in [0.4, 0.5) is 11.6 Å². The molecule has 0 fully saturated rings. The van der Waals surface area contributed by atoms with Crippen molar-refractivity contribution in [2.24, 2.45) is 10.7 Å². The van der Waals surface area contributed by atoms with Crippen LogP contribution >= 0.6 is 0 Å². The first-order chi connectivity index (χ1) is 43.4. The summed E-state index contributed by atoms with van der Waals surface area (Å²) in [6.45, 7) is 23.8. The molecule has 0 atom stereocenters. The number of carbonyl (C=O) groups is 2. The van der Waals surface area contributed by atoms with Gasteiger partial charge in [0.25, 0.3) is 5.91 Å². The van der Waals surface area contributed by atoms with Crippen LogP contribution in [0.1, 0.15) is 170 Å². The number of anilines is 2. The number of nitrogens with zero attached hydrogens (tertiary/aromatic N) is 4. The molecule has 0 saturated carbocycles. The maximum Gasteiger partial charge on any atom is 1.00 e. The van der Waals surface area contributed by atoms with E-state index in [4.69, 9.17) is 39.7 Å². The Balaban J connectivity index is 0.000000758. The van der Waals surface area contributed by atoms with Gasteiger partial charge in [-0.3, -0.25) is 14.6 Å². The number of carbonyl (C=O) groups excluding carboxylic acids is 2. The fraction of sp³-hybridized carbons (Fsp3) is 0.438. The third-order valence-electron chi connectivity index (χ3n) is 14.9. The molecule has 3 radical (unpaired) electrons. The van der Waals surface area contributed by atoms with Gasteiger partial charge in [-0.2, -0.15) is 9.97 Å². The van der Waals surface area contributed by atoms with Gasteiger partial charge in [0.15, 0.2) is 11.4 Å². The molecule has 0 bridgehead atoms. The molecule has 1 aliphatic heterocycles. The Bertz CT molecular complexity index is 3200. The zero-order valence-corrected chi connectivity index (χ0v) is 58.8. The van der Waals surface area contributed by atoms with Crippen molar-refractivity contribution in [3.05, 3.63) is 200 Å². The fourth-order valence-corrected chi connectivity index (χ4v) is 9.64. The van der Waals surface area contributed by atoms with Crippen molar-refractivity contribution >= 4 is 38.5 Å². The van der Waals surface area contributed by atoms with Crippen LogP contribution in [0.15, 0.2) is 131 Å². The van der Waals surface area contributed by atoms with E-state index in [1.807, 2.05) is 41.4 Å². The number of aliphatic hydroxyl groups is 4. The predicted molar refractivity (Wildman–Crippen MR) is 370 cm³/mol. The Morgan fingerprint density at radius 1 is 0.663 bits per heavy atom. The number of hydrogen-bond acceptors (Lipinski definition) is 16. The van der Waals surface area contributed by atoms with E-state index >= 15 is 0 Å². The van der Waals surface area contributed by atoms with Crippen molar-refractivity contribution in [3.8, 4) is 11.8 Å². The number of nitrogens with two attached hydrogens (primary N) is 1. The van der Waals surface area contributed by atoms with Gasteiger partial charge in [0, 0.05) is 79.2 Å². The minimum absolute atomic E-state index is 0. The van der Waals surface area contributed by atoms with Crippen LogP contribution in [0, 0.1) is 6.92 Å². The summed E-state index contributed by atoms with van der Waals surface area (Å²) in [6.07, 6.45) is 10.2. The van der Waals surface area contributed by atoms with Crippen LogP contribution in [-0.4, -0.2) is 124 Å². The molecule has 92 heavy (non-hydrogen) atoms. The van der Waals surface area contributed by atoms with Crippen LogP contribution in [0.2, 0.25) is 0 Å². The predicted octanol–water partition coefficient (Wildman–Crippen LogP) is 8.59. The van der Waals surface area contributed by atoms with Crippen molar-refractivity contribution < 1.29 is 79.6 Å². The summed E-state index contributed by atoms with van der Waals surface area (Å²) in [5.74, 6) is 0.946. The average Bonchev–Trinajstić information content (AvgIpc) is 1.60. The second-order valence-corrected chi connectivity index (χ2v) is 22.6. The first-order valence-electron chi connectivity index (χ1n) is 31.5. The number of amides is 1.